The Morgan fingerprint density at radius 1 is 1.00 bits per heavy atom. The first-order valence-electron chi connectivity index (χ1n) is 10.6. The van der Waals surface area contributed by atoms with Gasteiger partial charge in [-0.1, -0.05) is 23.8 Å². The number of aryl methyl sites for hydroxylation is 2. The molecule has 0 bridgehead atoms. The van der Waals surface area contributed by atoms with Gasteiger partial charge in [-0.25, -0.2) is 13.2 Å². The summed E-state index contributed by atoms with van der Waals surface area (Å²) in [6, 6.07) is 10.8. The fourth-order valence-electron chi connectivity index (χ4n) is 3.80. The molecular weight excluding hydrogens is 430 g/mol. The van der Waals surface area contributed by atoms with Gasteiger partial charge in [0.05, 0.1) is 14.2 Å². The van der Waals surface area contributed by atoms with E-state index in [0.29, 0.717) is 25.4 Å². The summed E-state index contributed by atoms with van der Waals surface area (Å²) in [5.74, 6) is 0.698. The van der Waals surface area contributed by atoms with Gasteiger partial charge in [0.2, 0.25) is 10.0 Å². The molecule has 174 valence electrons. The molecule has 2 aromatic carbocycles. The van der Waals surface area contributed by atoms with Crippen molar-refractivity contribution in [3.05, 3.63) is 53.1 Å². The van der Waals surface area contributed by atoms with Crippen molar-refractivity contribution in [1.82, 2.24) is 14.5 Å². The van der Waals surface area contributed by atoms with Gasteiger partial charge in [0.1, 0.15) is 16.4 Å². The minimum Gasteiger partial charge on any atom is -0.497 e. The molecule has 1 fully saturated rings. The first kappa shape index (κ1) is 23.9. The molecule has 0 aromatic heterocycles. The predicted molar refractivity (Wildman–Crippen MR) is 123 cm³/mol. The Morgan fingerprint density at radius 2 is 1.72 bits per heavy atom. The van der Waals surface area contributed by atoms with Gasteiger partial charge in [0, 0.05) is 38.8 Å². The molecule has 0 atom stereocenters. The average Bonchev–Trinajstić information content (AvgIpc) is 2.80. The third kappa shape index (κ3) is 5.34. The van der Waals surface area contributed by atoms with Crippen molar-refractivity contribution in [2.75, 3.05) is 46.9 Å². The Bertz CT molecular complexity index is 1060. The highest BCUT2D eigenvalue weighted by molar-refractivity contribution is 7.89. The zero-order valence-electron chi connectivity index (χ0n) is 19.1. The van der Waals surface area contributed by atoms with Crippen LogP contribution in [0, 0.1) is 13.8 Å². The van der Waals surface area contributed by atoms with E-state index >= 15 is 0 Å². The highest BCUT2D eigenvalue weighted by Crippen LogP contribution is 2.31. The summed E-state index contributed by atoms with van der Waals surface area (Å²) < 4.78 is 38.1. The summed E-state index contributed by atoms with van der Waals surface area (Å²) in [4.78, 5) is 14.3. The van der Waals surface area contributed by atoms with Gasteiger partial charge in [0.15, 0.2) is 0 Å². The molecule has 9 heteroatoms. The number of carbonyl (C=O) groups is 1. The summed E-state index contributed by atoms with van der Waals surface area (Å²) in [5.41, 5.74) is 3.64. The lowest BCUT2D eigenvalue weighted by Crippen LogP contribution is -2.53. The molecule has 0 spiro atoms. The van der Waals surface area contributed by atoms with Gasteiger partial charge in [0.25, 0.3) is 0 Å². The van der Waals surface area contributed by atoms with E-state index in [1.54, 1.807) is 17.0 Å². The maximum atomic E-state index is 13.2. The quantitative estimate of drug-likeness (QED) is 0.685. The second-order valence-electron chi connectivity index (χ2n) is 7.82. The van der Waals surface area contributed by atoms with Crippen molar-refractivity contribution in [2.45, 2.75) is 25.2 Å². The number of hydrogen-bond acceptors (Lipinski definition) is 5. The molecule has 0 radical (unpaired) electrons. The fraction of sp³-hybridized carbons (Fsp3) is 0.435. The van der Waals surface area contributed by atoms with Gasteiger partial charge in [-0.3, -0.25) is 0 Å². The number of ether oxygens (including phenoxy) is 2. The normalized spacial score (nSPS) is 14.8. The standard InChI is InChI=1S/C23H31N3O5S/c1-17-5-6-19(18(2)15-17)9-10-24-23(27)25-11-13-26(14-12-25)32(28,29)22-16-20(30-3)7-8-21(22)31-4/h5-8,15-16H,9-14H2,1-4H3,(H,24,27). The Kier molecular flexibility index (Phi) is 7.63. The SMILES string of the molecule is COc1ccc(OC)c(S(=O)(=O)N2CCN(C(=O)NCCc3ccc(C)cc3C)CC2)c1. The summed E-state index contributed by atoms with van der Waals surface area (Å²) >= 11 is 0. The number of rotatable bonds is 7. The number of urea groups is 1. The van der Waals surface area contributed by atoms with E-state index in [2.05, 4.69) is 37.4 Å². The Morgan fingerprint density at radius 3 is 2.34 bits per heavy atom. The number of hydrogen-bond donors (Lipinski definition) is 1. The number of nitrogens with one attached hydrogen (secondary N) is 1. The van der Waals surface area contributed by atoms with E-state index in [9.17, 15) is 13.2 Å². The van der Waals surface area contributed by atoms with E-state index in [0.717, 1.165) is 6.42 Å². The molecule has 1 heterocycles. The Hall–Kier alpha value is -2.78. The molecule has 1 saturated heterocycles. The smallest absolute Gasteiger partial charge is 0.317 e. The molecule has 3 rings (SSSR count). The third-order valence-corrected chi connectivity index (χ3v) is 7.60. The van der Waals surface area contributed by atoms with Crippen LogP contribution in [0.4, 0.5) is 4.79 Å². The minimum atomic E-state index is -3.78. The minimum absolute atomic E-state index is 0.0609. The number of methoxy groups -OCH3 is 2. The van der Waals surface area contributed by atoms with Crippen molar-refractivity contribution < 1.29 is 22.7 Å². The highest BCUT2D eigenvalue weighted by Gasteiger charge is 2.32. The molecular formula is C23H31N3O5S. The predicted octanol–water partition coefficient (Wildman–Crippen LogP) is 2.58. The van der Waals surface area contributed by atoms with Crippen molar-refractivity contribution in [3.63, 3.8) is 0 Å². The van der Waals surface area contributed by atoms with E-state index in [-0.39, 0.29) is 29.8 Å². The van der Waals surface area contributed by atoms with Gasteiger partial charge >= 0.3 is 6.03 Å². The van der Waals surface area contributed by atoms with Gasteiger partial charge < -0.3 is 19.7 Å². The van der Waals surface area contributed by atoms with Crippen LogP contribution in [0.2, 0.25) is 0 Å². The lowest BCUT2D eigenvalue weighted by molar-refractivity contribution is 0.172. The molecule has 0 aliphatic carbocycles. The summed E-state index contributed by atoms with van der Waals surface area (Å²) in [6.45, 7) is 5.73. The number of amides is 2. The zero-order chi connectivity index (χ0) is 23.3. The lowest BCUT2D eigenvalue weighted by atomic mass is 10.0. The van der Waals surface area contributed by atoms with Crippen LogP contribution >= 0.6 is 0 Å². The molecule has 1 N–H and O–H groups in total. The van der Waals surface area contributed by atoms with Crippen molar-refractivity contribution in [3.8, 4) is 11.5 Å². The first-order chi connectivity index (χ1) is 15.3. The highest BCUT2D eigenvalue weighted by atomic mass is 32.2. The maximum absolute atomic E-state index is 13.2. The molecule has 0 saturated carbocycles. The Balaban J connectivity index is 1.56. The maximum Gasteiger partial charge on any atom is 0.317 e. The van der Waals surface area contributed by atoms with Crippen molar-refractivity contribution in [1.29, 1.82) is 0 Å². The van der Waals surface area contributed by atoms with Crippen LogP contribution < -0.4 is 14.8 Å². The second kappa shape index (κ2) is 10.2. The van der Waals surface area contributed by atoms with Crippen LogP contribution in [0.15, 0.2) is 41.3 Å². The number of nitrogens with zero attached hydrogens (tertiary/aromatic N) is 2. The molecule has 1 aliphatic rings. The van der Waals surface area contributed by atoms with E-state index < -0.39 is 10.0 Å². The van der Waals surface area contributed by atoms with Crippen molar-refractivity contribution in [2.24, 2.45) is 0 Å². The molecule has 1 aliphatic heterocycles. The molecule has 8 nitrogen and oxygen atoms in total. The van der Waals surface area contributed by atoms with Crippen LogP contribution in [0.3, 0.4) is 0 Å². The van der Waals surface area contributed by atoms with E-state index in [1.165, 1.54) is 41.3 Å². The van der Waals surface area contributed by atoms with Gasteiger partial charge in [-0.05, 0) is 43.5 Å². The third-order valence-electron chi connectivity index (χ3n) is 5.68. The first-order valence-corrected chi connectivity index (χ1v) is 12.0. The van der Waals surface area contributed by atoms with E-state index in [1.807, 2.05) is 0 Å². The fourth-order valence-corrected chi connectivity index (χ4v) is 5.39. The van der Waals surface area contributed by atoms with Crippen LogP contribution in [-0.4, -0.2) is 70.6 Å². The topological polar surface area (TPSA) is 88.2 Å². The monoisotopic (exact) mass is 461 g/mol. The van der Waals surface area contributed by atoms with Crippen LogP contribution in [-0.2, 0) is 16.4 Å². The molecule has 2 aromatic rings. The summed E-state index contributed by atoms with van der Waals surface area (Å²) in [5, 5.41) is 2.94. The molecule has 0 unspecified atom stereocenters. The average molecular weight is 462 g/mol. The molecule has 2 amide bonds. The lowest BCUT2D eigenvalue weighted by Gasteiger charge is -2.34. The largest absolute Gasteiger partial charge is 0.497 e. The molecule has 32 heavy (non-hydrogen) atoms. The number of benzene rings is 2. The van der Waals surface area contributed by atoms with Crippen LogP contribution in [0.25, 0.3) is 0 Å². The number of sulfonamides is 1. The van der Waals surface area contributed by atoms with Crippen molar-refractivity contribution >= 4 is 16.1 Å². The van der Waals surface area contributed by atoms with Gasteiger partial charge in [-0.15, -0.1) is 0 Å². The van der Waals surface area contributed by atoms with E-state index in [4.69, 9.17) is 9.47 Å². The van der Waals surface area contributed by atoms with Gasteiger partial charge in [-0.2, -0.15) is 4.31 Å². The van der Waals surface area contributed by atoms with Crippen LogP contribution in [0.1, 0.15) is 16.7 Å². The zero-order valence-corrected chi connectivity index (χ0v) is 19.9. The number of carbonyl (C=O) groups excluding carboxylic acids is 1. The summed E-state index contributed by atoms with van der Waals surface area (Å²) in [6.07, 6.45) is 0.752. The second-order valence-corrected chi connectivity index (χ2v) is 9.73. The Labute approximate surface area is 190 Å². The number of piperazine rings is 1. The van der Waals surface area contributed by atoms with Crippen LogP contribution in [0.5, 0.6) is 11.5 Å². The summed E-state index contributed by atoms with van der Waals surface area (Å²) in [7, 11) is -0.864.